The molecular weight excluding hydrogens is 516 g/mol. The molecule has 0 spiro atoms. The molecule has 0 aromatic heterocycles. The maximum Gasteiger partial charge on any atom is 0.519 e. The van der Waals surface area contributed by atoms with Gasteiger partial charge in [-0.25, -0.2) is 4.79 Å². The lowest BCUT2D eigenvalue weighted by Gasteiger charge is -2.38. The highest BCUT2D eigenvalue weighted by Gasteiger charge is 2.35. The fourth-order valence-corrected chi connectivity index (χ4v) is 5.62. The normalized spacial score (nSPS) is 14.1. The smallest absolute Gasteiger partial charge is 0.497 e. The van der Waals surface area contributed by atoms with Crippen LogP contribution in [0.25, 0.3) is 0 Å². The molecule has 5 rings (SSSR count). The van der Waals surface area contributed by atoms with Gasteiger partial charge in [-0.1, -0.05) is 67.8 Å². The summed E-state index contributed by atoms with van der Waals surface area (Å²) in [5.74, 6) is 1.88. The van der Waals surface area contributed by atoms with Crippen molar-refractivity contribution in [3.8, 4) is 23.0 Å². The molecule has 0 atom stereocenters. The fourth-order valence-electron chi connectivity index (χ4n) is 5.62. The number of carbonyl (C=O) groups is 2. The molecule has 0 radical (unpaired) electrons. The summed E-state index contributed by atoms with van der Waals surface area (Å²) in [5.41, 5.74) is 4.49. The van der Waals surface area contributed by atoms with Crippen molar-refractivity contribution in [2.24, 2.45) is 0 Å². The van der Waals surface area contributed by atoms with E-state index in [0.717, 1.165) is 49.0 Å². The average molecular weight is 551 g/mol. The van der Waals surface area contributed by atoms with E-state index in [9.17, 15) is 9.59 Å². The second-order valence-electron chi connectivity index (χ2n) is 10.4. The Kier molecular flexibility index (Phi) is 8.68. The highest BCUT2D eigenvalue weighted by molar-refractivity contribution is 5.69. The van der Waals surface area contributed by atoms with Crippen LogP contribution in [0.3, 0.4) is 0 Å². The number of carbonyl (C=O) groups excluding carboxylic acids is 2. The van der Waals surface area contributed by atoms with Crippen LogP contribution in [0.1, 0.15) is 61.3 Å². The molecule has 210 valence electrons. The highest BCUT2D eigenvalue weighted by atomic mass is 16.7. The highest BCUT2D eigenvalue weighted by Crippen LogP contribution is 2.45. The van der Waals surface area contributed by atoms with Gasteiger partial charge in [-0.3, -0.25) is 4.79 Å². The van der Waals surface area contributed by atoms with E-state index in [1.807, 2.05) is 84.9 Å². The third-order valence-electron chi connectivity index (χ3n) is 7.68. The molecule has 0 aliphatic heterocycles. The van der Waals surface area contributed by atoms with Gasteiger partial charge in [-0.05, 0) is 90.0 Å². The summed E-state index contributed by atoms with van der Waals surface area (Å²) in [6.45, 7) is 1.40. The van der Waals surface area contributed by atoms with Crippen molar-refractivity contribution in [1.82, 2.24) is 0 Å². The number of methoxy groups -OCH3 is 1. The van der Waals surface area contributed by atoms with E-state index in [4.69, 9.17) is 18.9 Å². The first kappa shape index (κ1) is 28.0. The summed E-state index contributed by atoms with van der Waals surface area (Å²) in [4.78, 5) is 23.8. The van der Waals surface area contributed by atoms with E-state index in [-0.39, 0.29) is 11.4 Å². The predicted octanol–water partition coefficient (Wildman–Crippen LogP) is 8.04. The van der Waals surface area contributed by atoms with E-state index in [1.54, 1.807) is 19.2 Å². The van der Waals surface area contributed by atoms with Gasteiger partial charge in [0.15, 0.2) is 0 Å². The van der Waals surface area contributed by atoms with Crippen LogP contribution in [0.4, 0.5) is 4.79 Å². The van der Waals surface area contributed by atoms with Crippen molar-refractivity contribution in [2.75, 3.05) is 7.11 Å². The zero-order chi connectivity index (χ0) is 28.7. The molecule has 6 nitrogen and oxygen atoms in total. The van der Waals surface area contributed by atoms with Crippen LogP contribution in [0, 0.1) is 0 Å². The molecule has 1 aliphatic carbocycles. The molecule has 4 aromatic rings. The molecule has 41 heavy (non-hydrogen) atoms. The van der Waals surface area contributed by atoms with E-state index >= 15 is 0 Å². The first-order valence-corrected chi connectivity index (χ1v) is 13.9. The zero-order valence-corrected chi connectivity index (χ0v) is 23.4. The van der Waals surface area contributed by atoms with E-state index < -0.39 is 6.16 Å². The third kappa shape index (κ3) is 6.95. The maximum absolute atomic E-state index is 12.5. The van der Waals surface area contributed by atoms with Crippen molar-refractivity contribution >= 4 is 12.1 Å². The standard InChI is InChI=1S/C35H34O6/c1-25(36)39-31-18-10-28(11-19-31)35(22-4-3-5-23-35)29-12-20-33(21-13-29)41-34(37)40-32-16-8-27(9-17-32)24-26-6-14-30(38-2)15-7-26/h6-21H,3-5,22-24H2,1-2H3. The summed E-state index contributed by atoms with van der Waals surface area (Å²) < 4.78 is 21.3. The summed E-state index contributed by atoms with van der Waals surface area (Å²) in [6.07, 6.45) is 5.51. The van der Waals surface area contributed by atoms with Crippen LogP contribution in [0.2, 0.25) is 0 Å². The Balaban J connectivity index is 1.22. The molecule has 1 fully saturated rings. The van der Waals surface area contributed by atoms with Gasteiger partial charge >= 0.3 is 12.1 Å². The molecular formula is C35H34O6. The van der Waals surface area contributed by atoms with E-state index in [2.05, 4.69) is 0 Å². The molecule has 4 aromatic carbocycles. The van der Waals surface area contributed by atoms with Gasteiger partial charge in [0, 0.05) is 12.3 Å². The molecule has 0 bridgehead atoms. The van der Waals surface area contributed by atoms with E-state index in [0.29, 0.717) is 17.2 Å². The Hall–Kier alpha value is -4.58. The second-order valence-corrected chi connectivity index (χ2v) is 10.4. The molecule has 0 N–H and O–H groups in total. The van der Waals surface area contributed by atoms with E-state index in [1.165, 1.54) is 24.5 Å². The van der Waals surface area contributed by atoms with Crippen molar-refractivity contribution in [1.29, 1.82) is 0 Å². The van der Waals surface area contributed by atoms with Gasteiger partial charge in [0.2, 0.25) is 0 Å². The molecule has 0 heterocycles. The predicted molar refractivity (Wildman–Crippen MR) is 157 cm³/mol. The number of benzene rings is 4. The average Bonchev–Trinajstić information content (AvgIpc) is 2.99. The molecule has 6 heteroatoms. The van der Waals surface area contributed by atoms with Crippen LogP contribution in [-0.4, -0.2) is 19.2 Å². The molecule has 1 saturated carbocycles. The van der Waals surface area contributed by atoms with Gasteiger partial charge in [0.05, 0.1) is 7.11 Å². The third-order valence-corrected chi connectivity index (χ3v) is 7.68. The van der Waals surface area contributed by atoms with Gasteiger partial charge in [-0.2, -0.15) is 0 Å². The first-order chi connectivity index (χ1) is 19.9. The lowest BCUT2D eigenvalue weighted by molar-refractivity contribution is -0.131. The van der Waals surface area contributed by atoms with Crippen molar-refractivity contribution in [3.05, 3.63) is 119 Å². The topological polar surface area (TPSA) is 71.1 Å². The van der Waals surface area contributed by atoms with Crippen molar-refractivity contribution in [2.45, 2.75) is 50.9 Å². The van der Waals surface area contributed by atoms with Gasteiger partial charge < -0.3 is 18.9 Å². The Bertz CT molecular complexity index is 1450. The molecule has 0 saturated heterocycles. The quantitative estimate of drug-likeness (QED) is 0.126. The summed E-state index contributed by atoms with van der Waals surface area (Å²) in [5, 5.41) is 0. The minimum absolute atomic E-state index is 0.139. The largest absolute Gasteiger partial charge is 0.519 e. The molecule has 0 unspecified atom stereocenters. The number of esters is 1. The van der Waals surface area contributed by atoms with Crippen LogP contribution in [-0.2, 0) is 16.6 Å². The number of hydrogen-bond acceptors (Lipinski definition) is 6. The minimum Gasteiger partial charge on any atom is -0.497 e. The van der Waals surface area contributed by atoms with Crippen molar-refractivity contribution in [3.63, 3.8) is 0 Å². The van der Waals surface area contributed by atoms with Gasteiger partial charge in [0.25, 0.3) is 0 Å². The summed E-state index contributed by atoms with van der Waals surface area (Å²) in [7, 11) is 1.65. The Morgan fingerprint density at radius 1 is 0.585 bits per heavy atom. The number of hydrogen-bond donors (Lipinski definition) is 0. The minimum atomic E-state index is -0.783. The van der Waals surface area contributed by atoms with Crippen LogP contribution < -0.4 is 18.9 Å². The van der Waals surface area contributed by atoms with Gasteiger partial charge in [0.1, 0.15) is 23.0 Å². The Morgan fingerprint density at radius 2 is 1.00 bits per heavy atom. The van der Waals surface area contributed by atoms with Gasteiger partial charge in [-0.15, -0.1) is 0 Å². The monoisotopic (exact) mass is 550 g/mol. The lowest BCUT2D eigenvalue weighted by atomic mass is 9.65. The summed E-state index contributed by atoms with van der Waals surface area (Å²) in [6, 6.07) is 30.8. The van der Waals surface area contributed by atoms with Crippen LogP contribution in [0.5, 0.6) is 23.0 Å². The molecule has 0 amide bonds. The number of ether oxygens (including phenoxy) is 4. The Morgan fingerprint density at radius 3 is 1.44 bits per heavy atom. The summed E-state index contributed by atoms with van der Waals surface area (Å²) >= 11 is 0. The Labute approximate surface area is 240 Å². The van der Waals surface area contributed by atoms with Crippen LogP contribution >= 0.6 is 0 Å². The van der Waals surface area contributed by atoms with Crippen LogP contribution in [0.15, 0.2) is 97.1 Å². The SMILES string of the molecule is COc1ccc(Cc2ccc(OC(=O)Oc3ccc(C4(c5ccc(OC(C)=O)cc5)CCCCC4)cc3)cc2)cc1. The second kappa shape index (κ2) is 12.7. The number of rotatable bonds is 8. The maximum atomic E-state index is 12.5. The zero-order valence-electron chi connectivity index (χ0n) is 23.4. The fraction of sp³-hybridized carbons (Fsp3) is 0.257. The van der Waals surface area contributed by atoms with Crippen molar-refractivity contribution < 1.29 is 28.5 Å². The first-order valence-electron chi connectivity index (χ1n) is 13.9. The molecule has 1 aliphatic rings. The lowest BCUT2D eigenvalue weighted by Crippen LogP contribution is -2.30.